The Morgan fingerprint density at radius 2 is 2.03 bits per heavy atom. The molecule has 5 heteroatoms. The maximum Gasteiger partial charge on any atom is 0.261 e. The second kappa shape index (κ2) is 7.97. The van der Waals surface area contributed by atoms with Gasteiger partial charge in [0, 0.05) is 19.2 Å². The van der Waals surface area contributed by atoms with Gasteiger partial charge in [0.1, 0.15) is 5.52 Å². The Bertz CT molecular complexity index is 1230. The van der Waals surface area contributed by atoms with Crippen LogP contribution in [0.25, 0.3) is 17.0 Å². The first-order valence-electron chi connectivity index (χ1n) is 11.2. The number of aryl methyl sites for hydroxylation is 1. The number of anilines is 1. The molecule has 0 bridgehead atoms. The summed E-state index contributed by atoms with van der Waals surface area (Å²) in [6.07, 6.45) is 9.85. The standard InChI is InChI=1S/C26H29N3O2/c1-17-7-5-8-18(13-17)14-19-15-21-24(25-20(19)9-6-12-28(25)2)27-16-29(26(21)31)22-10-3-4-11-23(22)30/h5-9,13,15-16,22-23,30H,3-4,10-12,14H2,1-2H3. The number of hydrogen-bond donors (Lipinski definition) is 1. The van der Waals surface area contributed by atoms with Crippen LogP contribution in [0.15, 0.2) is 47.5 Å². The Labute approximate surface area is 182 Å². The fourth-order valence-electron chi connectivity index (χ4n) is 5.17. The van der Waals surface area contributed by atoms with Crippen molar-refractivity contribution >= 4 is 22.7 Å². The highest BCUT2D eigenvalue weighted by Crippen LogP contribution is 2.36. The van der Waals surface area contributed by atoms with Crippen molar-refractivity contribution in [1.29, 1.82) is 0 Å². The van der Waals surface area contributed by atoms with Crippen LogP contribution in [0.1, 0.15) is 54.0 Å². The number of aliphatic hydroxyl groups excluding tert-OH is 1. The largest absolute Gasteiger partial charge is 0.391 e. The number of rotatable bonds is 3. The molecule has 1 aliphatic heterocycles. The Hall–Kier alpha value is -2.92. The zero-order valence-electron chi connectivity index (χ0n) is 18.2. The van der Waals surface area contributed by atoms with Gasteiger partial charge < -0.3 is 10.0 Å². The lowest BCUT2D eigenvalue weighted by Gasteiger charge is -2.30. The maximum absolute atomic E-state index is 13.6. The van der Waals surface area contributed by atoms with E-state index in [1.54, 1.807) is 10.9 Å². The van der Waals surface area contributed by atoms with Crippen LogP contribution < -0.4 is 10.5 Å². The smallest absolute Gasteiger partial charge is 0.261 e. The van der Waals surface area contributed by atoms with Crippen LogP contribution in [0.4, 0.5) is 5.69 Å². The topological polar surface area (TPSA) is 58.4 Å². The second-order valence-electron chi connectivity index (χ2n) is 9.02. The summed E-state index contributed by atoms with van der Waals surface area (Å²) in [4.78, 5) is 20.5. The predicted octanol–water partition coefficient (Wildman–Crippen LogP) is 4.23. The minimum absolute atomic E-state index is 0.0489. The molecule has 5 nitrogen and oxygen atoms in total. The first-order chi connectivity index (χ1) is 15.0. The third kappa shape index (κ3) is 3.57. The zero-order valence-corrected chi connectivity index (χ0v) is 18.2. The van der Waals surface area contributed by atoms with Crippen LogP contribution >= 0.6 is 0 Å². The summed E-state index contributed by atoms with van der Waals surface area (Å²) in [5.41, 5.74) is 6.47. The number of likely N-dealkylation sites (N-methyl/N-ethyl adjacent to an activating group) is 1. The number of hydrogen-bond acceptors (Lipinski definition) is 4. The number of benzene rings is 2. The first-order valence-corrected chi connectivity index (χ1v) is 11.2. The molecule has 1 fully saturated rings. The molecule has 5 rings (SSSR count). The molecule has 0 saturated heterocycles. The van der Waals surface area contributed by atoms with Crippen molar-refractivity contribution in [2.75, 3.05) is 18.5 Å². The summed E-state index contributed by atoms with van der Waals surface area (Å²) in [5.74, 6) is 0. The first kappa shape index (κ1) is 20.0. The van der Waals surface area contributed by atoms with Gasteiger partial charge in [0.2, 0.25) is 0 Å². The lowest BCUT2D eigenvalue weighted by atomic mass is 9.91. The summed E-state index contributed by atoms with van der Waals surface area (Å²) in [6, 6.07) is 10.4. The van der Waals surface area contributed by atoms with E-state index >= 15 is 0 Å². The molecule has 0 radical (unpaired) electrons. The molecule has 2 atom stereocenters. The Balaban J connectivity index is 1.70. The van der Waals surface area contributed by atoms with E-state index in [1.165, 1.54) is 11.1 Å². The van der Waals surface area contributed by atoms with Crippen LogP contribution in [0.3, 0.4) is 0 Å². The average Bonchev–Trinajstić information content (AvgIpc) is 2.75. The molecule has 2 aliphatic rings. The summed E-state index contributed by atoms with van der Waals surface area (Å²) >= 11 is 0. The van der Waals surface area contributed by atoms with Gasteiger partial charge in [-0.15, -0.1) is 0 Å². The van der Waals surface area contributed by atoms with E-state index in [0.29, 0.717) is 5.39 Å². The van der Waals surface area contributed by atoms with Crippen LogP contribution in [0.5, 0.6) is 0 Å². The van der Waals surface area contributed by atoms with Crippen molar-refractivity contribution in [3.8, 4) is 0 Å². The van der Waals surface area contributed by atoms with Crippen molar-refractivity contribution in [3.05, 3.63) is 75.3 Å². The van der Waals surface area contributed by atoms with Gasteiger partial charge in [-0.1, -0.05) is 54.8 Å². The number of nitrogens with zero attached hydrogens (tertiary/aromatic N) is 3. The summed E-state index contributed by atoms with van der Waals surface area (Å²) in [5, 5.41) is 11.2. The fraction of sp³-hybridized carbons (Fsp3) is 0.385. The minimum atomic E-state index is -0.485. The normalized spacial score (nSPS) is 20.8. The van der Waals surface area contributed by atoms with Gasteiger partial charge >= 0.3 is 0 Å². The number of fused-ring (bicyclic) bond motifs is 3. The van der Waals surface area contributed by atoms with Crippen molar-refractivity contribution in [3.63, 3.8) is 0 Å². The molecular weight excluding hydrogens is 386 g/mol. The van der Waals surface area contributed by atoms with Gasteiger partial charge in [-0.3, -0.25) is 9.36 Å². The van der Waals surface area contributed by atoms with Gasteiger partial charge in [-0.25, -0.2) is 4.98 Å². The van der Waals surface area contributed by atoms with Crippen LogP contribution in [-0.2, 0) is 6.42 Å². The average molecular weight is 416 g/mol. The van der Waals surface area contributed by atoms with Gasteiger partial charge in [0.15, 0.2) is 0 Å². The molecule has 2 unspecified atom stereocenters. The van der Waals surface area contributed by atoms with Crippen LogP contribution in [-0.4, -0.2) is 34.4 Å². The zero-order chi connectivity index (χ0) is 21.5. The molecular formula is C26H29N3O2. The molecule has 1 aliphatic carbocycles. The number of aromatic nitrogens is 2. The molecule has 31 heavy (non-hydrogen) atoms. The monoisotopic (exact) mass is 415 g/mol. The van der Waals surface area contributed by atoms with Crippen molar-refractivity contribution in [1.82, 2.24) is 9.55 Å². The van der Waals surface area contributed by atoms with E-state index < -0.39 is 6.10 Å². The molecule has 2 heterocycles. The maximum atomic E-state index is 13.6. The Kier molecular flexibility index (Phi) is 5.14. The molecule has 1 aromatic heterocycles. The quantitative estimate of drug-likeness (QED) is 0.695. The lowest BCUT2D eigenvalue weighted by Crippen LogP contribution is -2.35. The highest BCUT2D eigenvalue weighted by Gasteiger charge is 2.27. The predicted molar refractivity (Wildman–Crippen MR) is 126 cm³/mol. The lowest BCUT2D eigenvalue weighted by molar-refractivity contribution is 0.0735. The molecule has 0 spiro atoms. The van der Waals surface area contributed by atoms with Gasteiger partial charge in [-0.05, 0) is 43.4 Å². The Morgan fingerprint density at radius 3 is 2.84 bits per heavy atom. The molecule has 160 valence electrons. The van der Waals surface area contributed by atoms with E-state index in [0.717, 1.165) is 61.0 Å². The van der Waals surface area contributed by atoms with E-state index in [4.69, 9.17) is 4.98 Å². The molecule has 0 amide bonds. The highest BCUT2D eigenvalue weighted by molar-refractivity contribution is 5.97. The van der Waals surface area contributed by atoms with Crippen molar-refractivity contribution < 1.29 is 5.11 Å². The summed E-state index contributed by atoms with van der Waals surface area (Å²) in [6.45, 7) is 2.90. The molecule has 1 saturated carbocycles. The third-order valence-electron chi connectivity index (χ3n) is 6.75. The fourth-order valence-corrected chi connectivity index (χ4v) is 5.17. The highest BCUT2D eigenvalue weighted by atomic mass is 16.3. The van der Waals surface area contributed by atoms with E-state index in [9.17, 15) is 9.90 Å². The third-order valence-corrected chi connectivity index (χ3v) is 6.75. The van der Waals surface area contributed by atoms with Gasteiger partial charge in [0.25, 0.3) is 5.56 Å². The van der Waals surface area contributed by atoms with Crippen molar-refractivity contribution in [2.24, 2.45) is 0 Å². The van der Waals surface area contributed by atoms with Crippen LogP contribution in [0, 0.1) is 6.92 Å². The molecule has 2 aromatic carbocycles. The van der Waals surface area contributed by atoms with E-state index in [2.05, 4.69) is 55.3 Å². The van der Waals surface area contributed by atoms with E-state index in [1.807, 2.05) is 6.07 Å². The van der Waals surface area contributed by atoms with Crippen molar-refractivity contribution in [2.45, 2.75) is 51.2 Å². The van der Waals surface area contributed by atoms with Gasteiger partial charge in [-0.2, -0.15) is 0 Å². The summed E-state index contributed by atoms with van der Waals surface area (Å²) < 4.78 is 1.67. The Morgan fingerprint density at radius 1 is 1.19 bits per heavy atom. The number of aliphatic hydroxyl groups is 1. The van der Waals surface area contributed by atoms with Gasteiger partial charge in [0.05, 0.1) is 29.5 Å². The SMILES string of the molecule is Cc1cccc(Cc2cc3c(=O)n(C4CCCCC4O)cnc3c3c2C=CCN3C)c1. The van der Waals surface area contributed by atoms with E-state index in [-0.39, 0.29) is 11.6 Å². The second-order valence-corrected chi connectivity index (χ2v) is 9.02. The minimum Gasteiger partial charge on any atom is -0.391 e. The van der Waals surface area contributed by atoms with Crippen LogP contribution in [0.2, 0.25) is 0 Å². The molecule has 3 aromatic rings. The summed E-state index contributed by atoms with van der Waals surface area (Å²) in [7, 11) is 2.05. The molecule has 1 N–H and O–H groups in total.